The average molecular weight is 422 g/mol. The molecule has 0 aromatic heterocycles. The van der Waals surface area contributed by atoms with Crippen molar-refractivity contribution >= 4 is 31.7 Å². The van der Waals surface area contributed by atoms with E-state index in [0.29, 0.717) is 31.5 Å². The van der Waals surface area contributed by atoms with E-state index in [-0.39, 0.29) is 16.6 Å². The molecule has 1 saturated heterocycles. The van der Waals surface area contributed by atoms with Crippen LogP contribution >= 0.6 is 15.9 Å². The van der Waals surface area contributed by atoms with Gasteiger partial charge in [0.05, 0.1) is 4.90 Å². The van der Waals surface area contributed by atoms with Crippen LogP contribution in [0.2, 0.25) is 0 Å². The first-order chi connectivity index (χ1) is 11.9. The largest absolute Gasteiger partial charge is 0.294 e. The molecule has 0 saturated carbocycles. The maximum atomic E-state index is 12.7. The van der Waals surface area contributed by atoms with E-state index >= 15 is 0 Å². The Balaban J connectivity index is 1.69. The fraction of sp³-hybridized carbons (Fsp3) is 0.316. The smallest absolute Gasteiger partial charge is 0.243 e. The molecule has 25 heavy (non-hydrogen) atoms. The highest BCUT2D eigenvalue weighted by Gasteiger charge is 2.32. The molecule has 1 heterocycles. The first-order valence-corrected chi connectivity index (χ1v) is 10.5. The van der Waals surface area contributed by atoms with Crippen LogP contribution in [0.5, 0.6) is 0 Å². The molecule has 0 amide bonds. The minimum atomic E-state index is -3.51. The molecule has 1 aliphatic heterocycles. The fourth-order valence-electron chi connectivity index (χ4n) is 3.09. The van der Waals surface area contributed by atoms with Crippen molar-refractivity contribution in [2.45, 2.75) is 24.7 Å². The zero-order valence-corrected chi connectivity index (χ0v) is 16.4. The average Bonchev–Trinajstić information content (AvgIpc) is 2.62. The number of aryl methyl sites for hydroxylation is 1. The van der Waals surface area contributed by atoms with Crippen molar-refractivity contribution < 1.29 is 13.2 Å². The number of nitrogens with zero attached hydrogens (tertiary/aromatic N) is 1. The number of sulfonamides is 1. The number of hydrogen-bond donors (Lipinski definition) is 0. The second-order valence-corrected chi connectivity index (χ2v) is 9.22. The van der Waals surface area contributed by atoms with Crippen LogP contribution in [0, 0.1) is 12.8 Å². The Morgan fingerprint density at radius 3 is 2.32 bits per heavy atom. The zero-order chi connectivity index (χ0) is 18.0. The Morgan fingerprint density at radius 2 is 1.72 bits per heavy atom. The quantitative estimate of drug-likeness (QED) is 0.699. The van der Waals surface area contributed by atoms with Crippen LogP contribution < -0.4 is 0 Å². The van der Waals surface area contributed by atoms with Gasteiger partial charge in [-0.25, -0.2) is 8.42 Å². The van der Waals surface area contributed by atoms with Gasteiger partial charge in [0.2, 0.25) is 10.0 Å². The lowest BCUT2D eigenvalue weighted by Crippen LogP contribution is -2.40. The van der Waals surface area contributed by atoms with Crippen molar-refractivity contribution in [2.75, 3.05) is 13.1 Å². The summed E-state index contributed by atoms with van der Waals surface area (Å²) in [4.78, 5) is 12.9. The minimum Gasteiger partial charge on any atom is -0.294 e. The highest BCUT2D eigenvalue weighted by Crippen LogP contribution is 2.27. The molecule has 1 aliphatic rings. The normalized spacial score (nSPS) is 16.7. The summed E-state index contributed by atoms with van der Waals surface area (Å²) in [7, 11) is -3.51. The summed E-state index contributed by atoms with van der Waals surface area (Å²) in [6, 6.07) is 14.3. The van der Waals surface area contributed by atoms with E-state index in [9.17, 15) is 13.2 Å². The summed E-state index contributed by atoms with van der Waals surface area (Å²) >= 11 is 3.31. The van der Waals surface area contributed by atoms with Crippen molar-refractivity contribution in [1.29, 1.82) is 0 Å². The lowest BCUT2D eigenvalue weighted by molar-refractivity contribution is 0.0875. The number of hydrogen-bond acceptors (Lipinski definition) is 3. The first-order valence-electron chi connectivity index (χ1n) is 8.24. The summed E-state index contributed by atoms with van der Waals surface area (Å²) < 4.78 is 27.7. The molecule has 6 heteroatoms. The van der Waals surface area contributed by atoms with E-state index in [1.165, 1.54) is 4.31 Å². The maximum absolute atomic E-state index is 12.7. The molecule has 1 fully saturated rings. The fourth-order valence-corrected chi connectivity index (χ4v) is 5.16. The number of carbonyl (C=O) groups is 1. The molecule has 0 bridgehead atoms. The molecular formula is C19H20BrNO3S. The number of rotatable bonds is 4. The Bertz CT molecular complexity index is 870. The molecule has 0 radical (unpaired) electrons. The lowest BCUT2D eigenvalue weighted by atomic mass is 9.89. The van der Waals surface area contributed by atoms with Gasteiger partial charge in [-0.3, -0.25) is 4.79 Å². The number of halogens is 1. The Labute approximate surface area is 157 Å². The van der Waals surface area contributed by atoms with Gasteiger partial charge < -0.3 is 0 Å². The van der Waals surface area contributed by atoms with Gasteiger partial charge in [0.15, 0.2) is 5.78 Å². The van der Waals surface area contributed by atoms with Crippen molar-refractivity contribution in [3.63, 3.8) is 0 Å². The van der Waals surface area contributed by atoms with Gasteiger partial charge in [0, 0.05) is 29.0 Å². The van der Waals surface area contributed by atoms with Crippen LogP contribution in [0.4, 0.5) is 0 Å². The zero-order valence-electron chi connectivity index (χ0n) is 14.0. The number of carbonyl (C=O) groups excluding carboxylic acids is 1. The maximum Gasteiger partial charge on any atom is 0.243 e. The monoisotopic (exact) mass is 421 g/mol. The van der Waals surface area contributed by atoms with Crippen LogP contribution in [0.1, 0.15) is 28.8 Å². The molecule has 0 aliphatic carbocycles. The number of benzene rings is 2. The summed E-state index contributed by atoms with van der Waals surface area (Å²) in [5, 5.41) is 0. The van der Waals surface area contributed by atoms with Crippen LogP contribution in [0.3, 0.4) is 0 Å². The number of Topliss-reactive ketones (excluding diaryl/α,β-unsaturated/α-hetero) is 1. The third kappa shape index (κ3) is 4.02. The van der Waals surface area contributed by atoms with Crippen LogP contribution in [0.25, 0.3) is 0 Å². The Kier molecular flexibility index (Phi) is 5.41. The molecule has 0 atom stereocenters. The summed E-state index contributed by atoms with van der Waals surface area (Å²) in [6.45, 7) is 2.73. The first kappa shape index (κ1) is 18.3. The summed E-state index contributed by atoms with van der Waals surface area (Å²) in [5.41, 5.74) is 1.82. The van der Waals surface area contributed by atoms with Gasteiger partial charge in [-0.15, -0.1) is 0 Å². The van der Waals surface area contributed by atoms with Gasteiger partial charge in [0.25, 0.3) is 0 Å². The van der Waals surface area contributed by atoms with Gasteiger partial charge >= 0.3 is 0 Å². The van der Waals surface area contributed by atoms with Crippen molar-refractivity contribution in [2.24, 2.45) is 5.92 Å². The van der Waals surface area contributed by atoms with Crippen LogP contribution in [-0.4, -0.2) is 31.6 Å². The van der Waals surface area contributed by atoms with Crippen molar-refractivity contribution in [3.8, 4) is 0 Å². The van der Waals surface area contributed by atoms with Gasteiger partial charge in [0.1, 0.15) is 0 Å². The third-order valence-corrected chi connectivity index (χ3v) is 6.98. The molecule has 132 valence electrons. The van der Waals surface area contributed by atoms with E-state index in [1.54, 1.807) is 24.3 Å². The Morgan fingerprint density at radius 1 is 1.08 bits per heavy atom. The highest BCUT2D eigenvalue weighted by molar-refractivity contribution is 9.10. The van der Waals surface area contributed by atoms with E-state index in [4.69, 9.17) is 0 Å². The van der Waals surface area contributed by atoms with Crippen molar-refractivity contribution in [1.82, 2.24) is 4.31 Å². The molecule has 3 rings (SSSR count). The predicted molar refractivity (Wildman–Crippen MR) is 101 cm³/mol. The third-order valence-electron chi connectivity index (χ3n) is 4.59. The lowest BCUT2D eigenvalue weighted by Gasteiger charge is -2.30. The van der Waals surface area contributed by atoms with E-state index in [0.717, 1.165) is 10.0 Å². The van der Waals surface area contributed by atoms with E-state index in [1.807, 2.05) is 31.2 Å². The van der Waals surface area contributed by atoms with Gasteiger partial charge in [-0.2, -0.15) is 4.31 Å². The standard InChI is InChI=1S/C19H20BrNO3S/c1-14-5-7-15(8-6-14)19(22)16-9-11-21(12-10-16)25(23,24)18-4-2-3-17(20)13-18/h2-8,13,16H,9-12H2,1H3. The minimum absolute atomic E-state index is 0.111. The van der Waals surface area contributed by atoms with Crippen LogP contribution in [-0.2, 0) is 10.0 Å². The SMILES string of the molecule is Cc1ccc(C(=O)C2CCN(S(=O)(=O)c3cccc(Br)c3)CC2)cc1. The predicted octanol–water partition coefficient (Wildman–Crippen LogP) is 4.04. The Hall–Kier alpha value is -1.50. The summed E-state index contributed by atoms with van der Waals surface area (Å²) in [5.74, 6) is -0.00355. The van der Waals surface area contributed by atoms with E-state index in [2.05, 4.69) is 15.9 Å². The highest BCUT2D eigenvalue weighted by atomic mass is 79.9. The molecule has 4 nitrogen and oxygen atoms in total. The summed E-state index contributed by atoms with van der Waals surface area (Å²) in [6.07, 6.45) is 1.11. The number of piperidine rings is 1. The van der Waals surface area contributed by atoms with Crippen molar-refractivity contribution in [3.05, 3.63) is 64.1 Å². The van der Waals surface area contributed by atoms with Gasteiger partial charge in [-0.05, 0) is 38.0 Å². The molecule has 2 aromatic rings. The number of ketones is 1. The van der Waals surface area contributed by atoms with Gasteiger partial charge in [-0.1, -0.05) is 51.8 Å². The molecule has 2 aromatic carbocycles. The molecule has 0 N–H and O–H groups in total. The molecule has 0 spiro atoms. The van der Waals surface area contributed by atoms with E-state index < -0.39 is 10.0 Å². The molecule has 0 unspecified atom stereocenters. The second-order valence-electron chi connectivity index (χ2n) is 6.37. The van der Waals surface area contributed by atoms with Crippen LogP contribution in [0.15, 0.2) is 57.9 Å². The molecular weight excluding hydrogens is 402 g/mol. The second kappa shape index (κ2) is 7.40. The topological polar surface area (TPSA) is 54.5 Å².